The molecule has 9 heteroatoms. The Balaban J connectivity index is 1.89. The molecule has 184 valence electrons. The van der Waals surface area contributed by atoms with Crippen molar-refractivity contribution in [2.75, 3.05) is 25.1 Å². The molecule has 0 radical (unpaired) electrons. The number of carbonyl (C=O) groups excluding carboxylic acids is 1. The Labute approximate surface area is 206 Å². The average molecular weight is 496 g/mol. The highest BCUT2D eigenvalue weighted by Gasteiger charge is 2.28. The minimum atomic E-state index is -4.02. The fourth-order valence-electron chi connectivity index (χ4n) is 3.41. The van der Waals surface area contributed by atoms with E-state index in [1.807, 2.05) is 26.0 Å². The zero-order chi connectivity index (χ0) is 25.6. The summed E-state index contributed by atoms with van der Waals surface area (Å²) >= 11 is 0. The number of hydrogen-bond acceptors (Lipinski definition) is 6. The average Bonchev–Trinajstić information content (AvgIpc) is 2.84. The third kappa shape index (κ3) is 6.19. The van der Waals surface area contributed by atoms with Gasteiger partial charge in [0.25, 0.3) is 15.9 Å². The van der Waals surface area contributed by atoms with Gasteiger partial charge in [0.1, 0.15) is 18.0 Å². The fraction of sp³-hybridized carbons (Fsp3) is 0.231. The van der Waals surface area contributed by atoms with Crippen LogP contribution >= 0.6 is 0 Å². The number of nitrogens with one attached hydrogen (secondary N) is 1. The Morgan fingerprint density at radius 1 is 0.943 bits per heavy atom. The van der Waals surface area contributed by atoms with Crippen molar-refractivity contribution in [1.82, 2.24) is 5.43 Å². The lowest BCUT2D eigenvalue weighted by atomic mass is 10.1. The van der Waals surface area contributed by atoms with Gasteiger partial charge in [-0.15, -0.1) is 0 Å². The monoisotopic (exact) mass is 495 g/mol. The van der Waals surface area contributed by atoms with Gasteiger partial charge < -0.3 is 9.47 Å². The van der Waals surface area contributed by atoms with Crippen molar-refractivity contribution < 1.29 is 22.7 Å². The molecule has 0 saturated carbocycles. The molecule has 0 saturated heterocycles. The van der Waals surface area contributed by atoms with Gasteiger partial charge >= 0.3 is 0 Å². The van der Waals surface area contributed by atoms with Crippen molar-refractivity contribution in [2.24, 2.45) is 5.10 Å². The topological polar surface area (TPSA) is 97.3 Å². The van der Waals surface area contributed by atoms with Gasteiger partial charge in [-0.3, -0.25) is 9.10 Å². The molecule has 0 fully saturated rings. The summed E-state index contributed by atoms with van der Waals surface area (Å²) in [5, 5.41) is 4.00. The van der Waals surface area contributed by atoms with Gasteiger partial charge in [0, 0.05) is 5.56 Å². The van der Waals surface area contributed by atoms with Gasteiger partial charge in [-0.25, -0.2) is 13.8 Å². The molecule has 3 rings (SSSR count). The maximum Gasteiger partial charge on any atom is 0.264 e. The molecule has 0 atom stereocenters. The molecule has 1 amide bonds. The van der Waals surface area contributed by atoms with Crippen molar-refractivity contribution in [2.45, 2.75) is 25.7 Å². The molecule has 3 aromatic rings. The number of ether oxygens (including phenoxy) is 2. The van der Waals surface area contributed by atoms with Crippen molar-refractivity contribution in [1.29, 1.82) is 0 Å². The van der Waals surface area contributed by atoms with Crippen LogP contribution in [0.5, 0.6) is 11.5 Å². The van der Waals surface area contributed by atoms with E-state index in [0.717, 1.165) is 21.0 Å². The Bertz CT molecular complexity index is 1340. The normalized spacial score (nSPS) is 11.3. The van der Waals surface area contributed by atoms with Crippen LogP contribution in [-0.4, -0.2) is 41.3 Å². The summed E-state index contributed by atoms with van der Waals surface area (Å²) in [7, 11) is -0.952. The summed E-state index contributed by atoms with van der Waals surface area (Å²) in [5.41, 5.74) is 5.97. The SMILES string of the molecule is COc1ccc(OC)c(/C=N\NC(=O)CN(c2cc(C)ccc2C)S(=O)(=O)c2ccc(C)cc2)c1. The van der Waals surface area contributed by atoms with Crippen molar-refractivity contribution >= 4 is 27.8 Å². The number of methoxy groups -OCH3 is 2. The molecule has 8 nitrogen and oxygen atoms in total. The first-order valence-electron chi connectivity index (χ1n) is 10.9. The molecule has 3 aromatic carbocycles. The maximum absolute atomic E-state index is 13.6. The van der Waals surface area contributed by atoms with Crippen LogP contribution in [0.25, 0.3) is 0 Å². The number of nitrogens with zero attached hydrogens (tertiary/aromatic N) is 2. The highest BCUT2D eigenvalue weighted by Crippen LogP contribution is 2.28. The summed E-state index contributed by atoms with van der Waals surface area (Å²) in [6, 6.07) is 17.2. The predicted octanol–water partition coefficient (Wildman–Crippen LogP) is 3.97. The van der Waals surface area contributed by atoms with E-state index in [1.54, 1.807) is 50.4 Å². The number of aryl methyl sites for hydroxylation is 3. The minimum Gasteiger partial charge on any atom is -0.497 e. The van der Waals surface area contributed by atoms with E-state index >= 15 is 0 Å². The Morgan fingerprint density at radius 3 is 2.29 bits per heavy atom. The smallest absolute Gasteiger partial charge is 0.264 e. The molecule has 0 aliphatic rings. The number of anilines is 1. The van der Waals surface area contributed by atoms with Gasteiger partial charge in [0.15, 0.2) is 0 Å². The van der Waals surface area contributed by atoms with Crippen LogP contribution < -0.4 is 19.2 Å². The zero-order valence-electron chi connectivity index (χ0n) is 20.4. The van der Waals surface area contributed by atoms with Gasteiger partial charge in [-0.05, 0) is 68.3 Å². The molecular formula is C26H29N3O5S. The summed E-state index contributed by atoms with van der Waals surface area (Å²) in [6.07, 6.45) is 1.41. The van der Waals surface area contributed by atoms with Crippen LogP contribution in [0.2, 0.25) is 0 Å². The number of hydrazone groups is 1. The van der Waals surface area contributed by atoms with E-state index in [1.165, 1.54) is 25.5 Å². The first kappa shape index (κ1) is 25.8. The Morgan fingerprint density at radius 2 is 1.63 bits per heavy atom. The number of carbonyl (C=O) groups is 1. The molecule has 0 aromatic heterocycles. The maximum atomic E-state index is 13.6. The van der Waals surface area contributed by atoms with Crippen LogP contribution in [0, 0.1) is 20.8 Å². The molecule has 0 heterocycles. The van der Waals surface area contributed by atoms with Gasteiger partial charge in [0.2, 0.25) is 0 Å². The van der Waals surface area contributed by atoms with Gasteiger partial charge in [-0.1, -0.05) is 29.8 Å². The molecule has 1 N–H and O–H groups in total. The van der Waals surface area contributed by atoms with Crippen LogP contribution in [0.3, 0.4) is 0 Å². The number of hydrogen-bond donors (Lipinski definition) is 1. The van der Waals surface area contributed by atoms with Crippen molar-refractivity contribution in [3.63, 3.8) is 0 Å². The third-order valence-electron chi connectivity index (χ3n) is 5.36. The van der Waals surface area contributed by atoms with E-state index in [9.17, 15) is 13.2 Å². The van der Waals surface area contributed by atoms with Crippen LogP contribution in [0.1, 0.15) is 22.3 Å². The van der Waals surface area contributed by atoms with E-state index in [4.69, 9.17) is 9.47 Å². The molecule has 35 heavy (non-hydrogen) atoms. The summed E-state index contributed by atoms with van der Waals surface area (Å²) < 4.78 is 38.8. The molecular weight excluding hydrogens is 466 g/mol. The van der Waals surface area contributed by atoms with Gasteiger partial charge in [-0.2, -0.15) is 5.10 Å². The number of amides is 1. The van der Waals surface area contributed by atoms with Crippen molar-refractivity contribution in [3.8, 4) is 11.5 Å². The minimum absolute atomic E-state index is 0.0985. The fourth-order valence-corrected chi connectivity index (χ4v) is 4.88. The lowest BCUT2D eigenvalue weighted by Crippen LogP contribution is -2.40. The molecule has 0 bridgehead atoms. The quantitative estimate of drug-likeness (QED) is 0.358. The highest BCUT2D eigenvalue weighted by molar-refractivity contribution is 7.92. The third-order valence-corrected chi connectivity index (χ3v) is 7.13. The van der Waals surface area contributed by atoms with E-state index in [-0.39, 0.29) is 4.90 Å². The summed E-state index contributed by atoms with van der Waals surface area (Å²) in [4.78, 5) is 12.9. The highest BCUT2D eigenvalue weighted by atomic mass is 32.2. The lowest BCUT2D eigenvalue weighted by molar-refractivity contribution is -0.119. The van der Waals surface area contributed by atoms with Crippen molar-refractivity contribution in [3.05, 3.63) is 82.9 Å². The van der Waals surface area contributed by atoms with Gasteiger partial charge in [0.05, 0.1) is 31.0 Å². The van der Waals surface area contributed by atoms with E-state index < -0.39 is 22.5 Å². The second kappa shape index (κ2) is 11.1. The van der Waals surface area contributed by atoms with E-state index in [0.29, 0.717) is 22.7 Å². The van der Waals surface area contributed by atoms with Crippen LogP contribution in [0.4, 0.5) is 5.69 Å². The number of benzene rings is 3. The van der Waals surface area contributed by atoms with Crippen LogP contribution in [-0.2, 0) is 14.8 Å². The second-order valence-electron chi connectivity index (χ2n) is 8.02. The molecule has 0 aliphatic carbocycles. The second-order valence-corrected chi connectivity index (χ2v) is 9.88. The number of sulfonamides is 1. The predicted molar refractivity (Wildman–Crippen MR) is 137 cm³/mol. The van der Waals surface area contributed by atoms with Crippen LogP contribution in [0.15, 0.2) is 70.7 Å². The lowest BCUT2D eigenvalue weighted by Gasteiger charge is -2.25. The zero-order valence-corrected chi connectivity index (χ0v) is 21.2. The first-order chi connectivity index (χ1) is 16.6. The Kier molecular flexibility index (Phi) is 8.14. The Hall–Kier alpha value is -3.85. The molecule has 0 unspecified atom stereocenters. The summed E-state index contributed by atoms with van der Waals surface area (Å²) in [5.74, 6) is 0.548. The summed E-state index contributed by atoms with van der Waals surface area (Å²) in [6.45, 7) is 5.10. The first-order valence-corrected chi connectivity index (χ1v) is 12.3. The largest absolute Gasteiger partial charge is 0.497 e. The molecule has 0 spiro atoms. The standard InChI is InChI=1S/C26H29N3O5S/c1-18-7-11-23(12-8-18)35(31,32)29(24-14-19(2)6-9-20(24)3)17-26(30)28-27-16-21-15-22(33-4)10-13-25(21)34-5/h6-16H,17H2,1-5H3,(H,28,30)/b27-16-. The molecule has 0 aliphatic heterocycles. The number of rotatable bonds is 9. The van der Waals surface area contributed by atoms with E-state index in [2.05, 4.69) is 10.5 Å².